The Morgan fingerprint density at radius 2 is 1.59 bits per heavy atom. The zero-order valence-electron chi connectivity index (χ0n) is 17.7. The van der Waals surface area contributed by atoms with E-state index in [2.05, 4.69) is 26.6 Å². The monoisotopic (exact) mass is 524 g/mol. The molecule has 3 rings (SSSR count). The molecular formula is C23H17BrN4O6. The number of nitrogens with one attached hydrogen (secondary N) is 2. The highest BCUT2D eigenvalue weighted by atomic mass is 79.9. The third kappa shape index (κ3) is 5.90. The van der Waals surface area contributed by atoms with E-state index >= 15 is 0 Å². The van der Waals surface area contributed by atoms with E-state index in [9.17, 15) is 29.8 Å². The molecule has 10 nitrogen and oxygen atoms in total. The van der Waals surface area contributed by atoms with Gasteiger partial charge in [0.2, 0.25) is 0 Å². The van der Waals surface area contributed by atoms with Gasteiger partial charge in [-0.15, -0.1) is 0 Å². The molecule has 3 aromatic rings. The second kappa shape index (κ2) is 10.5. The summed E-state index contributed by atoms with van der Waals surface area (Å²) >= 11 is 3.28. The average molecular weight is 525 g/mol. The second-order valence-electron chi connectivity index (χ2n) is 7.05. The maximum atomic E-state index is 13.1. The smallest absolute Gasteiger partial charge is 0.272 e. The number of hydrogen-bond acceptors (Lipinski definition) is 6. The summed E-state index contributed by atoms with van der Waals surface area (Å²) in [5.74, 6) is -1.37. The first kappa shape index (κ1) is 24.3. The summed E-state index contributed by atoms with van der Waals surface area (Å²) in [5, 5.41) is 27.3. The number of amides is 2. The van der Waals surface area contributed by atoms with Gasteiger partial charge in [-0.25, -0.2) is 0 Å². The average Bonchev–Trinajstić information content (AvgIpc) is 2.80. The summed E-state index contributed by atoms with van der Waals surface area (Å²) in [6.07, 6.45) is 1.28. The molecule has 3 aromatic carbocycles. The van der Waals surface area contributed by atoms with Gasteiger partial charge in [0, 0.05) is 28.7 Å². The third-order valence-electron chi connectivity index (χ3n) is 4.68. The number of aryl methyl sites for hydroxylation is 1. The first-order valence-corrected chi connectivity index (χ1v) is 10.5. The molecule has 0 atom stereocenters. The zero-order valence-corrected chi connectivity index (χ0v) is 19.2. The van der Waals surface area contributed by atoms with Crippen LogP contribution in [0, 0.1) is 27.2 Å². The lowest BCUT2D eigenvalue weighted by Gasteiger charge is -2.13. The predicted octanol–water partition coefficient (Wildman–Crippen LogP) is 4.98. The number of nitro benzene ring substituents is 2. The normalized spacial score (nSPS) is 10.9. The van der Waals surface area contributed by atoms with Crippen molar-refractivity contribution in [3.05, 3.63) is 114 Å². The van der Waals surface area contributed by atoms with Crippen LogP contribution in [0.25, 0.3) is 6.08 Å². The molecule has 2 N–H and O–H groups in total. The van der Waals surface area contributed by atoms with Gasteiger partial charge in [0.25, 0.3) is 23.2 Å². The van der Waals surface area contributed by atoms with Crippen LogP contribution in [-0.2, 0) is 4.79 Å². The van der Waals surface area contributed by atoms with Crippen LogP contribution in [0.3, 0.4) is 0 Å². The molecule has 2 amide bonds. The number of non-ortho nitro benzene ring substituents is 2. The number of carbonyl (C=O) groups excluding carboxylic acids is 2. The van der Waals surface area contributed by atoms with E-state index in [1.165, 1.54) is 48.5 Å². The van der Waals surface area contributed by atoms with Crippen LogP contribution in [-0.4, -0.2) is 21.7 Å². The summed E-state index contributed by atoms with van der Waals surface area (Å²) < 4.78 is 0.497. The minimum absolute atomic E-state index is 0.180. The first-order chi connectivity index (χ1) is 16.2. The Bertz CT molecular complexity index is 1340. The maximum absolute atomic E-state index is 13.1. The molecule has 0 aromatic heterocycles. The number of nitrogens with zero attached hydrogens (tertiary/aromatic N) is 2. The van der Waals surface area contributed by atoms with Crippen LogP contribution in [0.4, 0.5) is 17.1 Å². The lowest BCUT2D eigenvalue weighted by Crippen LogP contribution is -2.31. The van der Waals surface area contributed by atoms with E-state index in [1.807, 2.05) is 0 Å². The Morgan fingerprint density at radius 1 is 0.912 bits per heavy atom. The van der Waals surface area contributed by atoms with Gasteiger partial charge < -0.3 is 10.6 Å². The van der Waals surface area contributed by atoms with Crippen molar-refractivity contribution in [3.63, 3.8) is 0 Å². The Labute approximate surface area is 201 Å². The number of benzene rings is 3. The van der Waals surface area contributed by atoms with Gasteiger partial charge in [-0.2, -0.15) is 0 Å². The first-order valence-electron chi connectivity index (χ1n) is 9.74. The summed E-state index contributed by atoms with van der Waals surface area (Å²) in [6.45, 7) is 1.66. The van der Waals surface area contributed by atoms with Gasteiger partial charge in [-0.3, -0.25) is 29.8 Å². The number of rotatable bonds is 7. The lowest BCUT2D eigenvalue weighted by molar-refractivity contribution is -0.385. The number of halogens is 1. The zero-order chi connectivity index (χ0) is 24.8. The number of carbonyl (C=O) groups is 2. The van der Waals surface area contributed by atoms with E-state index in [4.69, 9.17) is 0 Å². The number of hydrogen-bond donors (Lipinski definition) is 2. The third-order valence-corrected chi connectivity index (χ3v) is 5.38. The van der Waals surface area contributed by atoms with Crippen molar-refractivity contribution in [1.29, 1.82) is 0 Å². The molecule has 11 heteroatoms. The standard InChI is InChI=1S/C23H17BrN4O6/c1-14-9-10-17(28(33)34)13-20(14)25-23(30)21(12-15-5-4-6-16(11-15)27(31)32)26-22(29)18-7-2-3-8-19(18)24/h2-13H,1H3,(H,25,30)(H,26,29). The maximum Gasteiger partial charge on any atom is 0.272 e. The molecule has 34 heavy (non-hydrogen) atoms. The van der Waals surface area contributed by atoms with Crippen molar-refractivity contribution in [2.24, 2.45) is 0 Å². The van der Waals surface area contributed by atoms with Gasteiger partial charge in [-0.1, -0.05) is 30.3 Å². The molecule has 0 saturated carbocycles. The topological polar surface area (TPSA) is 144 Å². The van der Waals surface area contributed by atoms with Crippen molar-refractivity contribution in [1.82, 2.24) is 5.32 Å². The Kier molecular flexibility index (Phi) is 7.49. The minimum Gasteiger partial charge on any atom is -0.320 e. The molecule has 0 heterocycles. The SMILES string of the molecule is Cc1ccc([N+](=O)[O-])cc1NC(=O)C(=Cc1cccc([N+](=O)[O-])c1)NC(=O)c1ccccc1Br. The molecule has 0 saturated heterocycles. The van der Waals surface area contributed by atoms with Crippen molar-refractivity contribution >= 4 is 50.9 Å². The molecule has 0 aliphatic carbocycles. The molecular weight excluding hydrogens is 508 g/mol. The molecule has 0 unspecified atom stereocenters. The highest BCUT2D eigenvalue weighted by Crippen LogP contribution is 2.23. The predicted molar refractivity (Wildman–Crippen MR) is 129 cm³/mol. The Hall–Kier alpha value is -4.38. The fourth-order valence-corrected chi connectivity index (χ4v) is 3.40. The van der Waals surface area contributed by atoms with Crippen molar-refractivity contribution in [2.45, 2.75) is 6.92 Å². The largest absolute Gasteiger partial charge is 0.320 e. The van der Waals surface area contributed by atoms with Gasteiger partial charge in [0.1, 0.15) is 5.70 Å². The molecule has 0 bridgehead atoms. The lowest BCUT2D eigenvalue weighted by atomic mass is 10.1. The van der Waals surface area contributed by atoms with Crippen molar-refractivity contribution in [3.8, 4) is 0 Å². The van der Waals surface area contributed by atoms with Crippen LogP contribution >= 0.6 is 15.9 Å². The van der Waals surface area contributed by atoms with Crippen LogP contribution in [0.1, 0.15) is 21.5 Å². The summed E-state index contributed by atoms with van der Waals surface area (Å²) in [4.78, 5) is 47.0. The van der Waals surface area contributed by atoms with E-state index in [-0.39, 0.29) is 28.3 Å². The van der Waals surface area contributed by atoms with Crippen molar-refractivity contribution < 1.29 is 19.4 Å². The van der Waals surface area contributed by atoms with Gasteiger partial charge in [0.15, 0.2) is 0 Å². The van der Waals surface area contributed by atoms with Gasteiger partial charge >= 0.3 is 0 Å². The van der Waals surface area contributed by atoms with E-state index < -0.39 is 21.7 Å². The quantitative estimate of drug-likeness (QED) is 0.253. The van der Waals surface area contributed by atoms with Crippen LogP contribution in [0.15, 0.2) is 76.9 Å². The molecule has 172 valence electrons. The summed E-state index contributed by atoms with van der Waals surface area (Å²) in [5.41, 5.74) is 0.661. The van der Waals surface area contributed by atoms with E-state index in [0.29, 0.717) is 15.6 Å². The molecule has 0 fully saturated rings. The summed E-state index contributed by atoms with van der Waals surface area (Å²) in [7, 11) is 0. The van der Waals surface area contributed by atoms with E-state index in [1.54, 1.807) is 31.2 Å². The highest BCUT2D eigenvalue weighted by molar-refractivity contribution is 9.10. The van der Waals surface area contributed by atoms with Crippen LogP contribution < -0.4 is 10.6 Å². The summed E-state index contributed by atoms with van der Waals surface area (Å²) in [6, 6.07) is 16.1. The van der Waals surface area contributed by atoms with Gasteiger partial charge in [-0.05, 0) is 52.2 Å². The Balaban J connectivity index is 2.00. The molecule has 0 radical (unpaired) electrons. The number of nitro groups is 2. The minimum atomic E-state index is -0.768. The molecule has 0 aliphatic rings. The van der Waals surface area contributed by atoms with Crippen LogP contribution in [0.2, 0.25) is 0 Å². The second-order valence-corrected chi connectivity index (χ2v) is 7.91. The van der Waals surface area contributed by atoms with Gasteiger partial charge in [0.05, 0.1) is 21.1 Å². The fraction of sp³-hybridized carbons (Fsp3) is 0.0435. The van der Waals surface area contributed by atoms with Crippen LogP contribution in [0.5, 0.6) is 0 Å². The highest BCUT2D eigenvalue weighted by Gasteiger charge is 2.19. The fourth-order valence-electron chi connectivity index (χ4n) is 2.94. The van der Waals surface area contributed by atoms with Crippen molar-refractivity contribution in [2.75, 3.05) is 5.32 Å². The molecule has 0 aliphatic heterocycles. The number of anilines is 1. The molecule has 0 spiro atoms. The Morgan fingerprint density at radius 3 is 2.26 bits per heavy atom. The van der Waals surface area contributed by atoms with E-state index in [0.717, 1.165) is 0 Å².